The van der Waals surface area contributed by atoms with E-state index >= 15 is 0 Å². The molecule has 2 aromatic carbocycles. The van der Waals surface area contributed by atoms with Crippen LogP contribution in [0.4, 0.5) is 0 Å². The second kappa shape index (κ2) is 10.6. The zero-order chi connectivity index (χ0) is 24.0. The quantitative estimate of drug-likeness (QED) is 0.612. The Morgan fingerprint density at radius 1 is 0.970 bits per heavy atom. The van der Waals surface area contributed by atoms with Crippen LogP contribution in [0.25, 0.3) is 0 Å². The van der Waals surface area contributed by atoms with Gasteiger partial charge in [0.15, 0.2) is 6.61 Å². The van der Waals surface area contributed by atoms with Gasteiger partial charge >= 0.3 is 5.97 Å². The Bertz CT molecular complexity index is 1140. The van der Waals surface area contributed by atoms with Gasteiger partial charge < -0.3 is 9.47 Å². The lowest BCUT2D eigenvalue weighted by molar-refractivity contribution is -0.123. The van der Waals surface area contributed by atoms with E-state index in [9.17, 15) is 22.8 Å². The molecule has 3 rings (SSSR count). The van der Waals surface area contributed by atoms with Gasteiger partial charge in [-0.05, 0) is 61.7 Å². The van der Waals surface area contributed by atoms with Gasteiger partial charge in [0.25, 0.3) is 11.8 Å². The lowest BCUT2D eigenvalue weighted by Gasteiger charge is -2.26. The van der Waals surface area contributed by atoms with E-state index in [2.05, 4.69) is 5.32 Å². The van der Waals surface area contributed by atoms with Gasteiger partial charge in [-0.15, -0.1) is 0 Å². The highest BCUT2D eigenvalue weighted by Gasteiger charge is 2.28. The Hall–Kier alpha value is -3.24. The SMILES string of the molecule is COc1ccc(C(=O)NC(=O)COC(=O)c2ccc(C)c(S(=O)(=O)N3CCCCC3)c2)cc1. The first-order chi connectivity index (χ1) is 15.7. The molecular formula is C23H26N2O7S. The summed E-state index contributed by atoms with van der Waals surface area (Å²) in [6.45, 7) is 1.85. The molecule has 1 N–H and O–H groups in total. The van der Waals surface area contributed by atoms with E-state index in [1.165, 1.54) is 41.7 Å². The van der Waals surface area contributed by atoms with Crippen molar-refractivity contribution in [3.8, 4) is 5.75 Å². The first-order valence-electron chi connectivity index (χ1n) is 10.5. The van der Waals surface area contributed by atoms with Crippen molar-refractivity contribution in [3.63, 3.8) is 0 Å². The normalized spacial score (nSPS) is 14.4. The van der Waals surface area contributed by atoms with Crippen molar-refractivity contribution < 1.29 is 32.3 Å². The number of piperidine rings is 1. The fourth-order valence-electron chi connectivity index (χ4n) is 3.44. The van der Waals surface area contributed by atoms with Gasteiger partial charge in [-0.2, -0.15) is 4.31 Å². The number of ether oxygens (including phenoxy) is 2. The monoisotopic (exact) mass is 474 g/mol. The molecule has 0 aromatic heterocycles. The van der Waals surface area contributed by atoms with Crippen molar-refractivity contribution in [1.82, 2.24) is 9.62 Å². The zero-order valence-electron chi connectivity index (χ0n) is 18.5. The molecule has 0 unspecified atom stereocenters. The standard InChI is InChI=1S/C23H26N2O7S/c1-16-6-7-18(14-20(16)33(29,30)25-12-4-3-5-13-25)23(28)32-15-21(26)24-22(27)17-8-10-19(31-2)11-9-17/h6-11,14H,3-5,12-13,15H2,1-2H3,(H,24,26,27). The van der Waals surface area contributed by atoms with E-state index in [1.54, 1.807) is 19.1 Å². The summed E-state index contributed by atoms with van der Waals surface area (Å²) in [5.74, 6) is -1.76. The Labute approximate surface area is 192 Å². The number of aryl methyl sites for hydroxylation is 1. The molecule has 10 heteroatoms. The fourth-order valence-corrected chi connectivity index (χ4v) is 5.21. The smallest absolute Gasteiger partial charge is 0.338 e. The molecular weight excluding hydrogens is 448 g/mol. The van der Waals surface area contributed by atoms with Crippen LogP contribution in [0, 0.1) is 6.92 Å². The van der Waals surface area contributed by atoms with Gasteiger partial charge in [0.05, 0.1) is 17.6 Å². The number of sulfonamides is 1. The van der Waals surface area contributed by atoms with Gasteiger partial charge in [-0.3, -0.25) is 14.9 Å². The lowest BCUT2D eigenvalue weighted by atomic mass is 10.1. The van der Waals surface area contributed by atoms with Gasteiger partial charge in [-0.1, -0.05) is 12.5 Å². The molecule has 0 radical (unpaired) electrons. The Morgan fingerprint density at radius 3 is 2.24 bits per heavy atom. The molecule has 1 heterocycles. The summed E-state index contributed by atoms with van der Waals surface area (Å²) in [5, 5.41) is 2.13. The van der Waals surface area contributed by atoms with Gasteiger partial charge in [-0.25, -0.2) is 13.2 Å². The van der Waals surface area contributed by atoms with Crippen LogP contribution in [0.2, 0.25) is 0 Å². The number of carbonyl (C=O) groups is 3. The van der Waals surface area contributed by atoms with Crippen LogP contribution in [0.1, 0.15) is 45.5 Å². The summed E-state index contributed by atoms with van der Waals surface area (Å²) in [4.78, 5) is 36.6. The van der Waals surface area contributed by atoms with Gasteiger partial charge in [0.2, 0.25) is 10.0 Å². The first kappa shape index (κ1) is 24.4. The number of methoxy groups -OCH3 is 1. The average molecular weight is 475 g/mol. The van der Waals surface area contributed by atoms with E-state index in [0.717, 1.165) is 19.3 Å². The number of nitrogens with one attached hydrogen (secondary N) is 1. The largest absolute Gasteiger partial charge is 0.497 e. The summed E-state index contributed by atoms with van der Waals surface area (Å²) in [6, 6.07) is 10.4. The molecule has 1 fully saturated rings. The third-order valence-electron chi connectivity index (χ3n) is 5.30. The average Bonchev–Trinajstić information content (AvgIpc) is 2.83. The van der Waals surface area contributed by atoms with E-state index in [0.29, 0.717) is 24.4 Å². The third kappa shape index (κ3) is 5.96. The second-order valence-corrected chi connectivity index (χ2v) is 9.53. The van der Waals surface area contributed by atoms with Gasteiger partial charge in [0, 0.05) is 18.7 Å². The molecule has 0 bridgehead atoms. The van der Waals surface area contributed by atoms with Crippen LogP contribution in [-0.4, -0.2) is 57.3 Å². The summed E-state index contributed by atoms with van der Waals surface area (Å²) < 4.78 is 37.4. The van der Waals surface area contributed by atoms with Crippen molar-refractivity contribution in [1.29, 1.82) is 0 Å². The van der Waals surface area contributed by atoms with E-state index < -0.39 is 34.4 Å². The molecule has 1 saturated heterocycles. The molecule has 9 nitrogen and oxygen atoms in total. The highest BCUT2D eigenvalue weighted by Crippen LogP contribution is 2.24. The van der Waals surface area contributed by atoms with Gasteiger partial charge in [0.1, 0.15) is 5.75 Å². The van der Waals surface area contributed by atoms with E-state index in [1.807, 2.05) is 0 Å². The molecule has 1 aliphatic heterocycles. The number of benzene rings is 2. The topological polar surface area (TPSA) is 119 Å². The van der Waals surface area contributed by atoms with Crippen LogP contribution in [-0.2, 0) is 19.6 Å². The highest BCUT2D eigenvalue weighted by molar-refractivity contribution is 7.89. The van der Waals surface area contributed by atoms with Crippen molar-refractivity contribution in [3.05, 3.63) is 59.2 Å². The van der Waals surface area contributed by atoms with Crippen LogP contribution >= 0.6 is 0 Å². The second-order valence-electron chi connectivity index (χ2n) is 7.63. The predicted octanol–water partition coefficient (Wildman–Crippen LogP) is 2.29. The van der Waals surface area contributed by atoms with Crippen LogP contribution < -0.4 is 10.1 Å². The van der Waals surface area contributed by atoms with Crippen LogP contribution in [0.15, 0.2) is 47.4 Å². The van der Waals surface area contributed by atoms with Crippen LogP contribution in [0.3, 0.4) is 0 Å². The number of nitrogens with zero attached hydrogens (tertiary/aromatic N) is 1. The minimum Gasteiger partial charge on any atom is -0.497 e. The summed E-state index contributed by atoms with van der Waals surface area (Å²) in [5.41, 5.74) is 0.756. The summed E-state index contributed by atoms with van der Waals surface area (Å²) in [6.07, 6.45) is 2.58. The van der Waals surface area contributed by atoms with Crippen molar-refractivity contribution in [2.45, 2.75) is 31.1 Å². The van der Waals surface area contributed by atoms with Crippen molar-refractivity contribution in [2.24, 2.45) is 0 Å². The maximum Gasteiger partial charge on any atom is 0.338 e. The zero-order valence-corrected chi connectivity index (χ0v) is 19.3. The lowest BCUT2D eigenvalue weighted by Crippen LogP contribution is -2.36. The maximum absolute atomic E-state index is 13.0. The summed E-state index contributed by atoms with van der Waals surface area (Å²) >= 11 is 0. The number of amides is 2. The number of hydrogen-bond acceptors (Lipinski definition) is 7. The molecule has 2 aromatic rings. The first-order valence-corrected chi connectivity index (χ1v) is 11.9. The highest BCUT2D eigenvalue weighted by atomic mass is 32.2. The molecule has 0 aliphatic carbocycles. The molecule has 1 aliphatic rings. The maximum atomic E-state index is 13.0. The van der Waals surface area contributed by atoms with Crippen LogP contribution in [0.5, 0.6) is 5.75 Å². The van der Waals surface area contributed by atoms with E-state index in [4.69, 9.17) is 9.47 Å². The summed E-state index contributed by atoms with van der Waals surface area (Å²) in [7, 11) is -2.25. The molecule has 0 atom stereocenters. The van der Waals surface area contributed by atoms with Crippen molar-refractivity contribution >= 4 is 27.8 Å². The molecule has 2 amide bonds. The predicted molar refractivity (Wildman–Crippen MR) is 120 cm³/mol. The van der Waals surface area contributed by atoms with Crippen molar-refractivity contribution in [2.75, 3.05) is 26.8 Å². The molecule has 176 valence electrons. The number of imide groups is 1. The van der Waals surface area contributed by atoms with E-state index in [-0.39, 0.29) is 16.0 Å². The number of hydrogen-bond donors (Lipinski definition) is 1. The fraction of sp³-hybridized carbons (Fsp3) is 0.348. The minimum atomic E-state index is -3.74. The third-order valence-corrected chi connectivity index (χ3v) is 7.34. The Kier molecular flexibility index (Phi) is 7.83. The Morgan fingerprint density at radius 2 is 1.61 bits per heavy atom. The minimum absolute atomic E-state index is 0.00506. The number of esters is 1. The molecule has 0 spiro atoms. The molecule has 0 saturated carbocycles. The number of carbonyl (C=O) groups excluding carboxylic acids is 3. The number of rotatable bonds is 7. The molecule has 33 heavy (non-hydrogen) atoms. The Balaban J connectivity index is 1.62.